The van der Waals surface area contributed by atoms with Crippen LogP contribution in [0.2, 0.25) is 0 Å². The Morgan fingerprint density at radius 2 is 1.89 bits per heavy atom. The lowest BCUT2D eigenvalue weighted by atomic mass is 10.0. The SMILES string of the molecule is CC(C)(CN)N1CCN(c2cccc(F)c2)CC1. The summed E-state index contributed by atoms with van der Waals surface area (Å²) in [5.41, 5.74) is 6.82. The Bertz CT molecular complexity index is 398. The van der Waals surface area contributed by atoms with E-state index >= 15 is 0 Å². The van der Waals surface area contributed by atoms with E-state index in [0.29, 0.717) is 6.54 Å². The Hall–Kier alpha value is -1.13. The minimum Gasteiger partial charge on any atom is -0.369 e. The van der Waals surface area contributed by atoms with Crippen molar-refractivity contribution in [2.24, 2.45) is 5.73 Å². The Kier molecular flexibility index (Phi) is 3.88. The van der Waals surface area contributed by atoms with Gasteiger partial charge in [-0.1, -0.05) is 6.07 Å². The fourth-order valence-electron chi connectivity index (χ4n) is 2.37. The molecule has 18 heavy (non-hydrogen) atoms. The second kappa shape index (κ2) is 5.24. The summed E-state index contributed by atoms with van der Waals surface area (Å²) in [4.78, 5) is 4.63. The molecule has 0 aromatic heterocycles. The number of halogens is 1. The van der Waals surface area contributed by atoms with Crippen LogP contribution in [0.4, 0.5) is 10.1 Å². The number of nitrogens with zero attached hydrogens (tertiary/aromatic N) is 2. The Labute approximate surface area is 108 Å². The monoisotopic (exact) mass is 251 g/mol. The molecule has 1 aromatic carbocycles. The predicted molar refractivity (Wildman–Crippen MR) is 73.3 cm³/mol. The second-order valence-electron chi connectivity index (χ2n) is 5.47. The number of benzene rings is 1. The van der Waals surface area contributed by atoms with Gasteiger partial charge in [-0.3, -0.25) is 4.90 Å². The van der Waals surface area contributed by atoms with Gasteiger partial charge in [-0.15, -0.1) is 0 Å². The molecule has 4 heteroatoms. The number of anilines is 1. The van der Waals surface area contributed by atoms with Gasteiger partial charge >= 0.3 is 0 Å². The third-order valence-corrected chi connectivity index (χ3v) is 3.81. The molecule has 3 nitrogen and oxygen atoms in total. The minimum atomic E-state index is -0.169. The van der Waals surface area contributed by atoms with E-state index in [0.717, 1.165) is 31.9 Å². The van der Waals surface area contributed by atoms with E-state index in [1.165, 1.54) is 6.07 Å². The van der Waals surface area contributed by atoms with Gasteiger partial charge in [-0.25, -0.2) is 4.39 Å². The molecular formula is C14H22FN3. The molecule has 0 unspecified atom stereocenters. The van der Waals surface area contributed by atoms with E-state index in [4.69, 9.17) is 5.73 Å². The highest BCUT2D eigenvalue weighted by Gasteiger charge is 2.28. The zero-order valence-electron chi connectivity index (χ0n) is 11.2. The molecule has 0 radical (unpaired) electrons. The Morgan fingerprint density at radius 3 is 2.44 bits per heavy atom. The van der Waals surface area contributed by atoms with Crippen LogP contribution in [0, 0.1) is 5.82 Å². The summed E-state index contributed by atoms with van der Waals surface area (Å²) in [6.45, 7) is 8.80. The summed E-state index contributed by atoms with van der Waals surface area (Å²) >= 11 is 0. The van der Waals surface area contributed by atoms with Gasteiger partial charge in [0.05, 0.1) is 0 Å². The second-order valence-corrected chi connectivity index (χ2v) is 5.47. The molecule has 100 valence electrons. The van der Waals surface area contributed by atoms with Crippen LogP contribution in [0.1, 0.15) is 13.8 Å². The average Bonchev–Trinajstić information content (AvgIpc) is 2.39. The van der Waals surface area contributed by atoms with Crippen molar-refractivity contribution in [3.8, 4) is 0 Å². The molecule has 1 aliphatic rings. The van der Waals surface area contributed by atoms with Crippen LogP contribution >= 0.6 is 0 Å². The zero-order chi connectivity index (χ0) is 13.2. The first kappa shape index (κ1) is 13.3. The van der Waals surface area contributed by atoms with E-state index in [2.05, 4.69) is 23.6 Å². The molecule has 1 aromatic rings. The molecule has 2 rings (SSSR count). The minimum absolute atomic E-state index is 0.0496. The maximum atomic E-state index is 13.2. The fraction of sp³-hybridized carbons (Fsp3) is 0.571. The van der Waals surface area contributed by atoms with Crippen molar-refractivity contribution in [2.75, 3.05) is 37.6 Å². The summed E-state index contributed by atoms with van der Waals surface area (Å²) in [7, 11) is 0. The van der Waals surface area contributed by atoms with Crippen LogP contribution in [0.5, 0.6) is 0 Å². The van der Waals surface area contributed by atoms with Gasteiger partial charge in [0, 0.05) is 44.0 Å². The predicted octanol–water partition coefficient (Wildman–Crippen LogP) is 1.68. The molecule has 0 saturated carbocycles. The van der Waals surface area contributed by atoms with Crippen molar-refractivity contribution in [3.05, 3.63) is 30.1 Å². The summed E-state index contributed by atoms with van der Waals surface area (Å²) in [5, 5.41) is 0. The number of nitrogens with two attached hydrogens (primary N) is 1. The van der Waals surface area contributed by atoms with Crippen molar-refractivity contribution in [1.82, 2.24) is 4.90 Å². The van der Waals surface area contributed by atoms with Crippen molar-refractivity contribution < 1.29 is 4.39 Å². The maximum Gasteiger partial charge on any atom is 0.125 e. The maximum absolute atomic E-state index is 13.2. The summed E-state index contributed by atoms with van der Waals surface area (Å²) in [6, 6.07) is 6.81. The van der Waals surface area contributed by atoms with Crippen LogP contribution in [-0.2, 0) is 0 Å². The van der Waals surface area contributed by atoms with Crippen molar-refractivity contribution in [2.45, 2.75) is 19.4 Å². The van der Waals surface area contributed by atoms with Gasteiger partial charge in [0.1, 0.15) is 5.82 Å². The normalized spacial score (nSPS) is 18.1. The quantitative estimate of drug-likeness (QED) is 0.887. The molecule has 1 fully saturated rings. The molecule has 0 aliphatic carbocycles. The highest BCUT2D eigenvalue weighted by Crippen LogP contribution is 2.21. The first-order chi connectivity index (χ1) is 8.53. The standard InChI is InChI=1S/C14H22FN3/c1-14(2,11-16)18-8-6-17(7-9-18)13-5-3-4-12(15)10-13/h3-5,10H,6-9,11,16H2,1-2H3. The first-order valence-corrected chi connectivity index (χ1v) is 6.48. The van der Waals surface area contributed by atoms with Crippen molar-refractivity contribution in [1.29, 1.82) is 0 Å². The van der Waals surface area contributed by atoms with Crippen LogP contribution < -0.4 is 10.6 Å². The van der Waals surface area contributed by atoms with Crippen molar-refractivity contribution >= 4 is 5.69 Å². The van der Waals surface area contributed by atoms with Gasteiger partial charge in [0.2, 0.25) is 0 Å². The van der Waals surface area contributed by atoms with Crippen LogP contribution in [0.3, 0.4) is 0 Å². The van der Waals surface area contributed by atoms with E-state index in [9.17, 15) is 4.39 Å². The number of hydrogen-bond acceptors (Lipinski definition) is 3. The van der Waals surface area contributed by atoms with E-state index < -0.39 is 0 Å². The fourth-order valence-corrected chi connectivity index (χ4v) is 2.37. The third kappa shape index (κ3) is 2.82. The molecule has 1 heterocycles. The lowest BCUT2D eigenvalue weighted by Crippen LogP contribution is -2.57. The van der Waals surface area contributed by atoms with E-state index in [1.807, 2.05) is 6.07 Å². The molecule has 0 bridgehead atoms. The summed E-state index contributed by atoms with van der Waals surface area (Å²) in [5.74, 6) is -0.169. The number of piperazine rings is 1. The Morgan fingerprint density at radius 1 is 1.22 bits per heavy atom. The summed E-state index contributed by atoms with van der Waals surface area (Å²) < 4.78 is 13.2. The Balaban J connectivity index is 1.99. The van der Waals surface area contributed by atoms with Crippen molar-refractivity contribution in [3.63, 3.8) is 0 Å². The highest BCUT2D eigenvalue weighted by molar-refractivity contribution is 5.46. The molecule has 0 spiro atoms. The van der Waals surface area contributed by atoms with Crippen LogP contribution in [0.15, 0.2) is 24.3 Å². The van der Waals surface area contributed by atoms with E-state index in [-0.39, 0.29) is 11.4 Å². The van der Waals surface area contributed by atoms with Gasteiger partial charge in [0.15, 0.2) is 0 Å². The molecular weight excluding hydrogens is 229 g/mol. The van der Waals surface area contributed by atoms with Crippen LogP contribution in [-0.4, -0.2) is 43.2 Å². The van der Waals surface area contributed by atoms with Gasteiger partial charge < -0.3 is 10.6 Å². The van der Waals surface area contributed by atoms with Gasteiger partial charge in [0.25, 0.3) is 0 Å². The number of hydrogen-bond donors (Lipinski definition) is 1. The molecule has 0 atom stereocenters. The third-order valence-electron chi connectivity index (χ3n) is 3.81. The smallest absolute Gasteiger partial charge is 0.125 e. The van der Waals surface area contributed by atoms with E-state index in [1.54, 1.807) is 12.1 Å². The lowest BCUT2D eigenvalue weighted by molar-refractivity contribution is 0.119. The topological polar surface area (TPSA) is 32.5 Å². The molecule has 1 saturated heterocycles. The zero-order valence-corrected chi connectivity index (χ0v) is 11.2. The molecule has 1 aliphatic heterocycles. The average molecular weight is 251 g/mol. The summed E-state index contributed by atoms with van der Waals surface area (Å²) in [6.07, 6.45) is 0. The lowest BCUT2D eigenvalue weighted by Gasteiger charge is -2.44. The first-order valence-electron chi connectivity index (χ1n) is 6.48. The van der Waals surface area contributed by atoms with Gasteiger partial charge in [-0.2, -0.15) is 0 Å². The highest BCUT2D eigenvalue weighted by atomic mass is 19.1. The number of rotatable bonds is 3. The van der Waals surface area contributed by atoms with Crippen LogP contribution in [0.25, 0.3) is 0 Å². The van der Waals surface area contributed by atoms with Gasteiger partial charge in [-0.05, 0) is 32.0 Å². The molecule has 0 amide bonds. The largest absolute Gasteiger partial charge is 0.369 e. The molecule has 2 N–H and O–H groups in total.